The number of unbranched alkanes of at least 4 members (excludes halogenated alkanes) is 9. The number of carbonyl (C=O) groups excluding carboxylic acids is 2. The van der Waals surface area contributed by atoms with E-state index in [2.05, 4.69) is 18.8 Å². The average Bonchev–Trinajstić information content (AvgIpc) is 2.64. The fraction of sp³-hybridized carbons (Fsp3) is 0.818. The molecule has 0 aliphatic carbocycles. The third-order valence-corrected chi connectivity index (χ3v) is 4.06. The van der Waals surface area contributed by atoms with Gasteiger partial charge in [-0.15, -0.1) is 0 Å². The smallest absolute Gasteiger partial charge is 0.306 e. The Kier molecular flexibility index (Phi) is 18.7. The number of carbonyl (C=O) groups is 2. The van der Waals surface area contributed by atoms with Gasteiger partial charge in [-0.3, -0.25) is 9.59 Å². The van der Waals surface area contributed by atoms with Crippen molar-refractivity contribution in [2.75, 3.05) is 13.2 Å². The predicted octanol–water partition coefficient (Wildman–Crippen LogP) is 5.58. The van der Waals surface area contributed by atoms with Crippen molar-refractivity contribution < 1.29 is 19.1 Å². The summed E-state index contributed by atoms with van der Waals surface area (Å²) < 4.78 is 10.0. The Bertz CT molecular complexity index is 406. The maximum absolute atomic E-state index is 11.5. The molecule has 0 saturated carbocycles. The average molecular weight is 367 g/mol. The van der Waals surface area contributed by atoms with E-state index in [1.54, 1.807) is 0 Å². The molecule has 0 unspecified atom stereocenters. The molecule has 0 fully saturated rings. The lowest BCUT2D eigenvalue weighted by Crippen LogP contribution is -2.07. The summed E-state index contributed by atoms with van der Waals surface area (Å²) in [6.07, 6.45) is 14.1. The molecule has 0 heterocycles. The van der Waals surface area contributed by atoms with Crippen LogP contribution in [0.2, 0.25) is 0 Å². The van der Waals surface area contributed by atoms with Crippen LogP contribution in [-0.2, 0) is 19.1 Å². The maximum atomic E-state index is 11.5. The molecule has 0 saturated heterocycles. The van der Waals surface area contributed by atoms with Crippen LogP contribution in [0.3, 0.4) is 0 Å². The molecule has 4 heteroatoms. The summed E-state index contributed by atoms with van der Waals surface area (Å²) >= 11 is 0. The first-order chi connectivity index (χ1) is 12.7. The zero-order valence-corrected chi connectivity index (χ0v) is 16.9. The van der Waals surface area contributed by atoms with Gasteiger partial charge in [-0.1, -0.05) is 70.6 Å². The summed E-state index contributed by atoms with van der Waals surface area (Å²) in [7, 11) is 0. The van der Waals surface area contributed by atoms with Crippen LogP contribution in [0.4, 0.5) is 0 Å². The highest BCUT2D eigenvalue weighted by atomic mass is 16.5. The van der Waals surface area contributed by atoms with Gasteiger partial charge in [0.05, 0.1) is 6.61 Å². The van der Waals surface area contributed by atoms with Gasteiger partial charge in [0.25, 0.3) is 0 Å². The zero-order chi connectivity index (χ0) is 19.3. The van der Waals surface area contributed by atoms with Gasteiger partial charge in [0.15, 0.2) is 6.61 Å². The van der Waals surface area contributed by atoms with Crippen LogP contribution >= 0.6 is 0 Å². The van der Waals surface area contributed by atoms with Crippen molar-refractivity contribution in [3.05, 3.63) is 0 Å². The highest BCUT2D eigenvalue weighted by Crippen LogP contribution is 2.09. The quantitative estimate of drug-likeness (QED) is 0.203. The zero-order valence-electron chi connectivity index (χ0n) is 16.9. The molecule has 0 bridgehead atoms. The minimum Gasteiger partial charge on any atom is -0.466 e. The molecule has 150 valence electrons. The van der Waals surface area contributed by atoms with Crippen molar-refractivity contribution in [2.45, 2.75) is 104 Å². The number of ether oxygens (including phenoxy) is 2. The van der Waals surface area contributed by atoms with Crippen molar-refractivity contribution >= 4 is 11.9 Å². The van der Waals surface area contributed by atoms with Crippen molar-refractivity contribution in [1.82, 2.24) is 0 Å². The Morgan fingerprint density at radius 1 is 0.654 bits per heavy atom. The van der Waals surface area contributed by atoms with E-state index >= 15 is 0 Å². The van der Waals surface area contributed by atoms with Crippen molar-refractivity contribution in [2.24, 2.45) is 0 Å². The molecule has 26 heavy (non-hydrogen) atoms. The lowest BCUT2D eigenvalue weighted by molar-refractivity contribution is -0.145. The van der Waals surface area contributed by atoms with E-state index in [9.17, 15) is 9.59 Å². The molecule has 0 aliphatic heterocycles. The van der Waals surface area contributed by atoms with Crippen molar-refractivity contribution in [3.63, 3.8) is 0 Å². The second kappa shape index (κ2) is 19.8. The minimum atomic E-state index is -0.242. The molecule has 0 aromatic rings. The second-order valence-electron chi connectivity index (χ2n) is 6.67. The van der Waals surface area contributed by atoms with Crippen molar-refractivity contribution in [1.29, 1.82) is 0 Å². The van der Waals surface area contributed by atoms with Gasteiger partial charge in [0.1, 0.15) is 0 Å². The van der Waals surface area contributed by atoms with Gasteiger partial charge in [0.2, 0.25) is 0 Å². The molecule has 4 nitrogen and oxygen atoms in total. The molecular weight excluding hydrogens is 328 g/mol. The van der Waals surface area contributed by atoms with Gasteiger partial charge in [-0.25, -0.2) is 0 Å². The molecule has 0 aromatic carbocycles. The molecule has 0 amide bonds. The van der Waals surface area contributed by atoms with Crippen LogP contribution in [0.1, 0.15) is 104 Å². The Hall–Kier alpha value is -1.50. The Labute approximate surface area is 160 Å². The SMILES string of the molecule is CCCCCCCCCCC#CCOC(=O)CCCCC(=O)OCCC. The lowest BCUT2D eigenvalue weighted by atomic mass is 10.1. The normalized spacial score (nSPS) is 10.1. The summed E-state index contributed by atoms with van der Waals surface area (Å²) in [4.78, 5) is 22.8. The van der Waals surface area contributed by atoms with E-state index in [1.807, 2.05) is 6.92 Å². The summed E-state index contributed by atoms with van der Waals surface area (Å²) in [6.45, 7) is 4.85. The van der Waals surface area contributed by atoms with E-state index in [-0.39, 0.29) is 18.5 Å². The first-order valence-corrected chi connectivity index (χ1v) is 10.5. The third-order valence-electron chi connectivity index (χ3n) is 4.06. The third kappa shape index (κ3) is 18.8. The molecule has 0 aliphatic rings. The van der Waals surface area contributed by atoms with Crippen LogP contribution in [-0.4, -0.2) is 25.2 Å². The van der Waals surface area contributed by atoms with Gasteiger partial charge in [0, 0.05) is 19.3 Å². The lowest BCUT2D eigenvalue weighted by Gasteiger charge is -2.03. The molecule has 0 atom stereocenters. The second-order valence-corrected chi connectivity index (χ2v) is 6.67. The van der Waals surface area contributed by atoms with Crippen molar-refractivity contribution in [3.8, 4) is 11.8 Å². The fourth-order valence-electron chi connectivity index (χ4n) is 2.50. The molecule has 0 radical (unpaired) electrons. The van der Waals surface area contributed by atoms with Crippen LogP contribution in [0.25, 0.3) is 0 Å². The molecule has 0 N–H and O–H groups in total. The summed E-state index contributed by atoms with van der Waals surface area (Å²) in [5, 5.41) is 0. The van der Waals surface area contributed by atoms with E-state index in [0.29, 0.717) is 32.3 Å². The predicted molar refractivity (Wildman–Crippen MR) is 106 cm³/mol. The Balaban J connectivity index is 3.38. The topological polar surface area (TPSA) is 52.6 Å². The summed E-state index contributed by atoms with van der Waals surface area (Å²) in [6, 6.07) is 0. The first-order valence-electron chi connectivity index (χ1n) is 10.5. The van der Waals surface area contributed by atoms with Gasteiger partial charge in [-0.2, -0.15) is 0 Å². The Morgan fingerprint density at radius 2 is 1.23 bits per heavy atom. The van der Waals surface area contributed by atoms with E-state index in [4.69, 9.17) is 9.47 Å². The van der Waals surface area contributed by atoms with E-state index < -0.39 is 0 Å². The monoisotopic (exact) mass is 366 g/mol. The first kappa shape index (κ1) is 24.5. The van der Waals surface area contributed by atoms with Crippen LogP contribution in [0, 0.1) is 11.8 Å². The molecule has 0 rings (SSSR count). The highest BCUT2D eigenvalue weighted by Gasteiger charge is 2.05. The van der Waals surface area contributed by atoms with Gasteiger partial charge in [-0.05, 0) is 25.7 Å². The van der Waals surface area contributed by atoms with Gasteiger partial charge >= 0.3 is 11.9 Å². The number of hydrogen-bond acceptors (Lipinski definition) is 4. The van der Waals surface area contributed by atoms with Crippen LogP contribution in [0.15, 0.2) is 0 Å². The molecular formula is C22H38O4. The molecule has 0 aromatic heterocycles. The fourth-order valence-corrected chi connectivity index (χ4v) is 2.50. The highest BCUT2D eigenvalue weighted by molar-refractivity contribution is 5.70. The number of hydrogen-bond donors (Lipinski definition) is 0. The number of rotatable bonds is 16. The maximum Gasteiger partial charge on any atom is 0.306 e. The largest absolute Gasteiger partial charge is 0.466 e. The van der Waals surface area contributed by atoms with E-state index in [1.165, 1.54) is 44.9 Å². The molecule has 0 spiro atoms. The summed E-state index contributed by atoms with van der Waals surface area (Å²) in [5.41, 5.74) is 0. The summed E-state index contributed by atoms with van der Waals surface area (Å²) in [5.74, 6) is 5.53. The van der Waals surface area contributed by atoms with E-state index in [0.717, 1.165) is 19.3 Å². The van der Waals surface area contributed by atoms with Crippen LogP contribution < -0.4 is 0 Å². The standard InChI is InChI=1S/C22H38O4/c1-3-5-6-7-8-9-10-11-12-13-16-20-26-22(24)18-15-14-17-21(23)25-19-4-2/h3-12,14-15,17-20H2,1-2H3. The Morgan fingerprint density at radius 3 is 1.85 bits per heavy atom. The van der Waals surface area contributed by atoms with Gasteiger partial charge < -0.3 is 9.47 Å². The minimum absolute atomic E-state index is 0.175. The number of esters is 2. The van der Waals surface area contributed by atoms with Crippen LogP contribution in [0.5, 0.6) is 0 Å².